The van der Waals surface area contributed by atoms with E-state index in [4.69, 9.17) is 10.2 Å². The molecule has 2 N–H and O–H groups in total. The lowest BCUT2D eigenvalue weighted by Crippen LogP contribution is -2.25. The van der Waals surface area contributed by atoms with Gasteiger partial charge in [0.15, 0.2) is 0 Å². The van der Waals surface area contributed by atoms with Crippen molar-refractivity contribution in [3.63, 3.8) is 0 Å². The molecule has 2 rings (SSSR count). The zero-order valence-electron chi connectivity index (χ0n) is 10.5. The number of hydrogen-bond donors (Lipinski definition) is 1. The maximum absolute atomic E-state index is 6.19. The first-order valence-corrected chi connectivity index (χ1v) is 6.83. The number of pyridine rings is 1. The fraction of sp³-hybridized carbons (Fsp3) is 0.385. The van der Waals surface area contributed by atoms with Crippen LogP contribution in [0.2, 0.25) is 0 Å². The van der Waals surface area contributed by atoms with Gasteiger partial charge in [-0.25, -0.2) is 4.98 Å². The van der Waals surface area contributed by atoms with Crippen molar-refractivity contribution >= 4 is 11.8 Å². The van der Waals surface area contributed by atoms with Crippen LogP contribution in [0.1, 0.15) is 29.9 Å². The van der Waals surface area contributed by atoms with Gasteiger partial charge in [0.2, 0.25) is 0 Å². The molecule has 0 aromatic carbocycles. The summed E-state index contributed by atoms with van der Waals surface area (Å²) in [5.41, 5.74) is 8.17. The Bertz CT molecular complexity index is 486. The van der Waals surface area contributed by atoms with Crippen molar-refractivity contribution < 1.29 is 4.42 Å². The first-order chi connectivity index (χ1) is 8.70. The smallest absolute Gasteiger partial charge is 0.256 e. The second kappa shape index (κ2) is 6.02. The van der Waals surface area contributed by atoms with Crippen LogP contribution in [0.4, 0.5) is 0 Å². The van der Waals surface area contributed by atoms with Gasteiger partial charge < -0.3 is 10.2 Å². The van der Waals surface area contributed by atoms with Crippen molar-refractivity contribution in [2.75, 3.05) is 0 Å². The molecule has 0 aliphatic heterocycles. The Kier molecular flexibility index (Phi) is 4.38. The van der Waals surface area contributed by atoms with E-state index in [9.17, 15) is 0 Å². The third-order valence-electron chi connectivity index (χ3n) is 2.70. The predicted octanol–water partition coefficient (Wildman–Crippen LogP) is 2.95. The highest BCUT2D eigenvalue weighted by atomic mass is 32.2. The van der Waals surface area contributed by atoms with E-state index in [-0.39, 0.29) is 11.3 Å². The summed E-state index contributed by atoms with van der Waals surface area (Å²) in [6.45, 7) is 3.99. The number of hydrogen-bond acceptors (Lipinski definition) is 5. The van der Waals surface area contributed by atoms with Crippen LogP contribution in [0.5, 0.6) is 0 Å². The molecule has 2 unspecified atom stereocenters. The normalized spacial score (nSPS) is 14.4. The molecule has 5 heteroatoms. The first-order valence-electron chi connectivity index (χ1n) is 5.95. The van der Waals surface area contributed by atoms with Gasteiger partial charge in [0.25, 0.3) is 5.22 Å². The summed E-state index contributed by atoms with van der Waals surface area (Å²) in [6.07, 6.45) is 6.16. The lowest BCUT2D eigenvalue weighted by atomic mass is 10.1. The molecule has 2 aromatic rings. The largest absolute Gasteiger partial charge is 0.440 e. The van der Waals surface area contributed by atoms with E-state index in [2.05, 4.69) is 16.9 Å². The number of nitrogens with two attached hydrogens (primary N) is 1. The maximum Gasteiger partial charge on any atom is 0.256 e. The van der Waals surface area contributed by atoms with Crippen LogP contribution in [0.3, 0.4) is 0 Å². The average molecular weight is 263 g/mol. The number of aromatic nitrogens is 2. The van der Waals surface area contributed by atoms with Crippen LogP contribution in [-0.2, 0) is 0 Å². The van der Waals surface area contributed by atoms with Crippen molar-refractivity contribution in [2.24, 2.45) is 5.73 Å². The van der Waals surface area contributed by atoms with Gasteiger partial charge in [0.05, 0.1) is 10.9 Å². The van der Waals surface area contributed by atoms with E-state index in [1.165, 1.54) is 0 Å². The second-order valence-corrected chi connectivity index (χ2v) is 5.24. The molecule has 18 heavy (non-hydrogen) atoms. The highest BCUT2D eigenvalue weighted by Gasteiger charge is 2.22. The Morgan fingerprint density at radius 3 is 2.89 bits per heavy atom. The summed E-state index contributed by atoms with van der Waals surface area (Å²) >= 11 is 1.55. The predicted molar refractivity (Wildman–Crippen MR) is 72.3 cm³/mol. The highest BCUT2D eigenvalue weighted by Crippen LogP contribution is 2.37. The van der Waals surface area contributed by atoms with Crippen LogP contribution in [0.15, 0.2) is 40.4 Å². The summed E-state index contributed by atoms with van der Waals surface area (Å²) in [4.78, 5) is 8.46. The van der Waals surface area contributed by atoms with Crippen LogP contribution in [-0.4, -0.2) is 16.0 Å². The summed E-state index contributed by atoms with van der Waals surface area (Å²) < 4.78 is 5.39. The molecular weight excluding hydrogens is 246 g/mol. The van der Waals surface area contributed by atoms with Crippen LogP contribution < -0.4 is 5.73 Å². The third-order valence-corrected chi connectivity index (χ3v) is 3.96. The Hall–Kier alpha value is -1.33. The van der Waals surface area contributed by atoms with Gasteiger partial charge in [-0.15, -0.1) is 0 Å². The van der Waals surface area contributed by atoms with E-state index < -0.39 is 0 Å². The van der Waals surface area contributed by atoms with Crippen molar-refractivity contribution in [2.45, 2.75) is 36.8 Å². The zero-order valence-corrected chi connectivity index (χ0v) is 11.4. The van der Waals surface area contributed by atoms with Gasteiger partial charge in [-0.1, -0.05) is 24.8 Å². The van der Waals surface area contributed by atoms with E-state index in [0.29, 0.717) is 5.22 Å². The molecule has 4 nitrogen and oxygen atoms in total. The minimum absolute atomic E-state index is 0.0476. The Morgan fingerprint density at radius 1 is 1.50 bits per heavy atom. The van der Waals surface area contributed by atoms with Crippen molar-refractivity contribution in [3.05, 3.63) is 42.0 Å². The van der Waals surface area contributed by atoms with E-state index in [1.807, 2.05) is 25.3 Å². The zero-order chi connectivity index (χ0) is 13.0. The quantitative estimate of drug-likeness (QED) is 0.840. The van der Waals surface area contributed by atoms with Crippen LogP contribution >= 0.6 is 11.8 Å². The number of oxazole rings is 1. The second-order valence-electron chi connectivity index (χ2n) is 4.15. The molecule has 0 radical (unpaired) electrons. The summed E-state index contributed by atoms with van der Waals surface area (Å²) in [5.74, 6) is 0. The SMILES string of the molecule is CCC(N)C(Sc1nc(C)co1)c1cccnc1. The molecule has 2 aromatic heterocycles. The fourth-order valence-electron chi connectivity index (χ4n) is 1.66. The fourth-order valence-corrected chi connectivity index (χ4v) is 2.82. The highest BCUT2D eigenvalue weighted by molar-refractivity contribution is 7.99. The summed E-state index contributed by atoms with van der Waals surface area (Å²) in [6, 6.07) is 4.01. The van der Waals surface area contributed by atoms with Crippen LogP contribution in [0.25, 0.3) is 0 Å². The van der Waals surface area contributed by atoms with Crippen molar-refractivity contribution in [3.8, 4) is 0 Å². The molecule has 96 valence electrons. The molecule has 0 aliphatic rings. The minimum Gasteiger partial charge on any atom is -0.440 e. The Labute approximate surface area is 111 Å². The summed E-state index contributed by atoms with van der Waals surface area (Å²) in [5, 5.41) is 0.770. The molecule has 0 fully saturated rings. The Morgan fingerprint density at radius 2 is 2.33 bits per heavy atom. The first kappa shape index (κ1) is 13.1. The van der Waals surface area contributed by atoms with Crippen molar-refractivity contribution in [1.29, 1.82) is 0 Å². The number of nitrogens with zero attached hydrogens (tertiary/aromatic N) is 2. The third kappa shape index (κ3) is 3.11. The topological polar surface area (TPSA) is 64.9 Å². The van der Waals surface area contributed by atoms with Gasteiger partial charge in [0, 0.05) is 18.4 Å². The number of rotatable bonds is 5. The standard InChI is InChI=1S/C13H17N3OS/c1-3-11(14)12(10-5-4-6-15-7-10)18-13-16-9(2)8-17-13/h4-8,11-12H,3,14H2,1-2H3. The lowest BCUT2D eigenvalue weighted by molar-refractivity contribution is 0.451. The summed E-state index contributed by atoms with van der Waals surface area (Å²) in [7, 11) is 0. The molecular formula is C13H17N3OS. The van der Waals surface area contributed by atoms with Gasteiger partial charge >= 0.3 is 0 Å². The lowest BCUT2D eigenvalue weighted by Gasteiger charge is -2.20. The minimum atomic E-state index is 0.0476. The molecule has 2 atom stereocenters. The van der Waals surface area contributed by atoms with E-state index in [1.54, 1.807) is 24.2 Å². The van der Waals surface area contributed by atoms with Gasteiger partial charge in [-0.05, 0) is 25.0 Å². The van der Waals surface area contributed by atoms with Gasteiger partial charge in [0.1, 0.15) is 6.26 Å². The monoisotopic (exact) mass is 263 g/mol. The Balaban J connectivity index is 2.21. The number of thioether (sulfide) groups is 1. The van der Waals surface area contributed by atoms with Gasteiger partial charge in [-0.2, -0.15) is 0 Å². The molecule has 0 saturated carbocycles. The molecule has 0 amide bonds. The number of aryl methyl sites for hydroxylation is 1. The van der Waals surface area contributed by atoms with Gasteiger partial charge in [-0.3, -0.25) is 4.98 Å². The average Bonchev–Trinajstić information content (AvgIpc) is 2.82. The molecule has 0 spiro atoms. The van der Waals surface area contributed by atoms with E-state index in [0.717, 1.165) is 17.7 Å². The van der Waals surface area contributed by atoms with Crippen molar-refractivity contribution in [1.82, 2.24) is 9.97 Å². The van der Waals surface area contributed by atoms with E-state index >= 15 is 0 Å². The van der Waals surface area contributed by atoms with Crippen LogP contribution in [0, 0.1) is 6.92 Å². The maximum atomic E-state index is 6.19. The molecule has 0 saturated heterocycles. The molecule has 2 heterocycles. The molecule has 0 bridgehead atoms. The molecule has 0 aliphatic carbocycles.